The minimum absolute atomic E-state index is 0.00110. The van der Waals surface area contributed by atoms with Crippen LogP contribution in [0.5, 0.6) is 23.0 Å². The number of carbonyl (C=O) groups excluding carboxylic acids is 3. The van der Waals surface area contributed by atoms with Crippen LogP contribution in [-0.4, -0.2) is 127 Å². The van der Waals surface area contributed by atoms with Crippen molar-refractivity contribution >= 4 is 70.2 Å². The molecule has 4 aliphatic heterocycles. The molecule has 89 heavy (non-hydrogen) atoms. The van der Waals surface area contributed by atoms with Gasteiger partial charge >= 0.3 is 18.0 Å². The molecule has 460 valence electrons. The highest BCUT2D eigenvalue weighted by Crippen LogP contribution is 2.42. The second-order valence-electron chi connectivity index (χ2n) is 21.0. The summed E-state index contributed by atoms with van der Waals surface area (Å²) in [5, 5.41) is 23.9. The molecule has 5 amide bonds. The molecule has 0 bridgehead atoms. The van der Waals surface area contributed by atoms with Gasteiger partial charge in [-0.3, -0.25) is 4.79 Å². The molecule has 6 heterocycles. The van der Waals surface area contributed by atoms with Crippen molar-refractivity contribution in [3.05, 3.63) is 166 Å². The fourth-order valence-corrected chi connectivity index (χ4v) is 9.64. The van der Waals surface area contributed by atoms with Crippen LogP contribution in [0.2, 0.25) is 0 Å². The minimum atomic E-state index is -1.11. The molecule has 0 aliphatic carbocycles. The van der Waals surface area contributed by atoms with Crippen LogP contribution in [0.25, 0.3) is 22.5 Å². The third kappa shape index (κ3) is 13.6. The maximum atomic E-state index is 15.0. The molecule has 8 N–H and O–H groups in total. The Morgan fingerprint density at radius 2 is 1.02 bits per heavy atom. The van der Waals surface area contributed by atoms with Crippen molar-refractivity contribution in [2.24, 2.45) is 0 Å². The van der Waals surface area contributed by atoms with Crippen molar-refractivity contribution in [1.29, 1.82) is 0 Å². The van der Waals surface area contributed by atoms with E-state index in [1.807, 2.05) is 44.9 Å². The van der Waals surface area contributed by atoms with Crippen molar-refractivity contribution < 1.29 is 60.8 Å². The number of halogens is 4. The van der Waals surface area contributed by atoms with Gasteiger partial charge in [0.05, 0.1) is 30.0 Å². The molecule has 8 aromatic rings. The number of carboxylic acid groups (broad SMARTS) is 1. The number of hydrogen-bond donors (Lipinski definition) is 7. The molecule has 0 unspecified atom stereocenters. The molecule has 23 nitrogen and oxygen atoms in total. The number of benzene rings is 6. The van der Waals surface area contributed by atoms with Crippen LogP contribution in [-0.2, 0) is 13.1 Å². The first kappa shape index (κ1) is 61.3. The summed E-state index contributed by atoms with van der Waals surface area (Å²) in [6.45, 7) is 6.28. The molecule has 0 radical (unpaired) electrons. The summed E-state index contributed by atoms with van der Waals surface area (Å²) in [5.74, 6) is -2.21. The second-order valence-corrected chi connectivity index (χ2v) is 21.0. The van der Waals surface area contributed by atoms with Crippen LogP contribution in [0, 0.1) is 37.1 Å². The summed E-state index contributed by atoms with van der Waals surface area (Å²) in [7, 11) is 7.62. The monoisotopic (exact) mass is 1220 g/mol. The fourth-order valence-electron chi connectivity index (χ4n) is 9.64. The number of nitrogens with one attached hydrogen (secondary N) is 5. The van der Waals surface area contributed by atoms with Crippen molar-refractivity contribution in [1.82, 2.24) is 40.4 Å². The number of aryl methyl sites for hydroxylation is 2. The maximum absolute atomic E-state index is 15.0. The standard InChI is InChI=1S/C31H29F2N7O4.C24H24F2N6O3.C7H7NO2/c1-17-7-8-18(29(41)36-19-9-10-24-25(14-19)44-16-43-24)13-20(17)26-21-15-35-31(42)40(27-22(32)5-4-6-23(27)33)28(21)38-30(37-26)34-11-12-39(2)3;1-13-7-8-14(22(33)34)11-15(13)19-16-12-28-24(35)32(20-17(25)5-4-6-18(20)26)21(16)30-23(29-19)27-9-10-31(2)3;8-5-1-2-6-7(3-5)10-4-9-6/h4-10,13-14H,11-12,15-16H2,1-3H3,(H,35,42)(H,36,41)(H,34,37,38);4-8,11H,9-10,12H2,1-3H3,(H,28,35)(H,33,34)(H,27,29,30);1-3H,4,8H2. The zero-order valence-corrected chi connectivity index (χ0v) is 48.9. The third-order valence-electron chi connectivity index (χ3n) is 14.2. The second kappa shape index (κ2) is 26.4. The van der Waals surface area contributed by atoms with Gasteiger partial charge in [-0.25, -0.2) is 51.7 Å². The molecule has 0 saturated carbocycles. The van der Waals surface area contributed by atoms with Crippen LogP contribution in [0.15, 0.2) is 109 Å². The molecule has 0 spiro atoms. The Balaban J connectivity index is 0.000000172. The van der Waals surface area contributed by atoms with Crippen LogP contribution in [0.3, 0.4) is 0 Å². The number of amides is 5. The van der Waals surface area contributed by atoms with Crippen molar-refractivity contribution in [3.8, 4) is 45.5 Å². The summed E-state index contributed by atoms with van der Waals surface area (Å²) >= 11 is 0. The van der Waals surface area contributed by atoms with Gasteiger partial charge in [0.2, 0.25) is 25.5 Å². The van der Waals surface area contributed by atoms with E-state index < -0.39 is 52.7 Å². The number of urea groups is 2. The number of aromatic nitrogens is 4. The van der Waals surface area contributed by atoms with Gasteiger partial charge in [0.25, 0.3) is 5.91 Å². The number of hydrogen-bond acceptors (Lipinski definition) is 17. The molecular weight excluding hydrogens is 1160 g/mol. The number of carbonyl (C=O) groups is 4. The molecule has 2 aromatic heterocycles. The fraction of sp³-hybridized carbons (Fsp3) is 0.226. The van der Waals surface area contributed by atoms with Crippen LogP contribution in [0.4, 0.5) is 73.4 Å². The summed E-state index contributed by atoms with van der Waals surface area (Å²) in [4.78, 5) is 74.9. The maximum Gasteiger partial charge on any atom is 0.335 e. The molecule has 0 atom stereocenters. The number of likely N-dealkylation sites (N-methyl/N-ethyl adjacent to an activating group) is 2. The van der Waals surface area contributed by atoms with E-state index in [1.165, 1.54) is 24.3 Å². The van der Waals surface area contributed by atoms with Gasteiger partial charge in [0, 0.05) is 77.5 Å². The number of rotatable bonds is 15. The normalized spacial score (nSPS) is 13.3. The number of nitrogen functional groups attached to an aromatic ring is 1. The number of ether oxygens (including phenoxy) is 4. The number of fused-ring (bicyclic) bond motifs is 4. The lowest BCUT2D eigenvalue weighted by Gasteiger charge is -2.31. The van der Waals surface area contributed by atoms with Crippen molar-refractivity contribution in [2.45, 2.75) is 26.9 Å². The lowest BCUT2D eigenvalue weighted by atomic mass is 9.97. The van der Waals surface area contributed by atoms with Gasteiger partial charge in [0.1, 0.15) is 34.6 Å². The van der Waals surface area contributed by atoms with Crippen molar-refractivity contribution in [2.75, 3.05) is 99.4 Å². The number of nitrogens with two attached hydrogens (primary N) is 1. The predicted molar refractivity (Wildman–Crippen MR) is 324 cm³/mol. The molecule has 27 heteroatoms. The van der Waals surface area contributed by atoms with E-state index >= 15 is 0 Å². The zero-order valence-electron chi connectivity index (χ0n) is 48.9. The third-order valence-corrected chi connectivity index (χ3v) is 14.2. The molecular formula is C62H60F4N14O9. The topological polar surface area (TPSA) is 276 Å². The number of carboxylic acids is 1. The van der Waals surface area contributed by atoms with Crippen LogP contribution >= 0.6 is 0 Å². The van der Waals surface area contributed by atoms with E-state index in [0.29, 0.717) is 95.1 Å². The Bertz CT molecular complexity index is 4030. The largest absolute Gasteiger partial charge is 0.478 e. The number of para-hydroxylation sites is 2. The molecule has 6 aromatic carbocycles. The summed E-state index contributed by atoms with van der Waals surface area (Å²) < 4.78 is 80.3. The Hall–Kier alpha value is -10.8. The van der Waals surface area contributed by atoms with Gasteiger partial charge in [-0.15, -0.1) is 0 Å². The smallest absolute Gasteiger partial charge is 0.335 e. The van der Waals surface area contributed by atoms with Crippen LogP contribution in [0.1, 0.15) is 43.0 Å². The van der Waals surface area contributed by atoms with Crippen LogP contribution < -0.4 is 61.1 Å². The zero-order chi connectivity index (χ0) is 63.2. The van der Waals surface area contributed by atoms with E-state index in [-0.39, 0.29) is 54.9 Å². The average molecular weight is 1220 g/mol. The number of aromatic carboxylic acids is 1. The average Bonchev–Trinajstić information content (AvgIpc) is 1.45. The van der Waals surface area contributed by atoms with E-state index in [2.05, 4.69) is 41.5 Å². The molecule has 4 aliphatic rings. The van der Waals surface area contributed by atoms with E-state index in [9.17, 15) is 41.8 Å². The van der Waals surface area contributed by atoms with Crippen molar-refractivity contribution in [3.63, 3.8) is 0 Å². The van der Waals surface area contributed by atoms with E-state index in [0.717, 1.165) is 56.7 Å². The molecule has 12 rings (SSSR count). The molecule has 0 fully saturated rings. The van der Waals surface area contributed by atoms with Gasteiger partial charge in [-0.2, -0.15) is 9.97 Å². The summed E-state index contributed by atoms with van der Waals surface area (Å²) in [6.07, 6.45) is 0. The highest BCUT2D eigenvalue weighted by molar-refractivity contribution is 6.06. The first-order valence-corrected chi connectivity index (χ1v) is 27.7. The Morgan fingerprint density at radius 3 is 1.49 bits per heavy atom. The highest BCUT2D eigenvalue weighted by Gasteiger charge is 2.36. The summed E-state index contributed by atoms with van der Waals surface area (Å²) in [6, 6.07) is 25.4. The SMILES string of the molecule is Cc1ccc(C(=O)Nc2ccc3c(c2)OCO3)cc1-c1nc(NCCN(C)C)nc2c1CNC(=O)N2c1c(F)cccc1F.Cc1ccc(C(=O)O)cc1-c1nc(NCCN(C)C)nc2c1CNC(=O)N2c1c(F)cccc1F.Nc1ccc2c(c1)OCO2. The first-order valence-electron chi connectivity index (χ1n) is 27.7. The predicted octanol–water partition coefficient (Wildman–Crippen LogP) is 9.81. The Labute approximate surface area is 507 Å². The number of anilines is 8. The highest BCUT2D eigenvalue weighted by atomic mass is 19.1. The lowest BCUT2D eigenvalue weighted by molar-refractivity contribution is 0.0696. The minimum Gasteiger partial charge on any atom is -0.478 e. The quantitative estimate of drug-likeness (QED) is 0.0371. The van der Waals surface area contributed by atoms with Gasteiger partial charge in [-0.1, -0.05) is 24.3 Å². The van der Waals surface area contributed by atoms with Gasteiger partial charge < -0.3 is 66.2 Å². The van der Waals surface area contributed by atoms with Gasteiger partial charge in [-0.05, 0) is 126 Å². The first-order chi connectivity index (χ1) is 42.7. The van der Waals surface area contributed by atoms with E-state index in [4.69, 9.17) is 29.7 Å². The lowest BCUT2D eigenvalue weighted by Crippen LogP contribution is -2.43. The van der Waals surface area contributed by atoms with E-state index in [1.54, 1.807) is 67.6 Å². The van der Waals surface area contributed by atoms with Gasteiger partial charge in [0.15, 0.2) is 34.6 Å². The Kier molecular flexibility index (Phi) is 18.2. The Morgan fingerprint density at radius 1 is 0.584 bits per heavy atom. The molecule has 0 saturated heterocycles. The summed E-state index contributed by atoms with van der Waals surface area (Å²) in [5.41, 5.74) is 10.2. The number of nitrogens with zero attached hydrogens (tertiary/aromatic N) is 8.